The molecule has 2 aliphatic heterocycles. The average Bonchev–Trinajstić information content (AvgIpc) is 3.43. The van der Waals surface area contributed by atoms with Crippen molar-refractivity contribution in [2.75, 3.05) is 44.9 Å². The van der Waals surface area contributed by atoms with Crippen LogP contribution in [0.4, 0.5) is 11.4 Å². The van der Waals surface area contributed by atoms with Crippen LogP contribution in [0.2, 0.25) is 0 Å². The van der Waals surface area contributed by atoms with Crippen molar-refractivity contribution in [3.8, 4) is 11.4 Å². The van der Waals surface area contributed by atoms with Gasteiger partial charge in [-0.2, -0.15) is 0 Å². The third kappa shape index (κ3) is 5.05. The number of anilines is 1. The van der Waals surface area contributed by atoms with Crippen LogP contribution in [0.5, 0.6) is 5.75 Å². The number of thioether (sulfide) groups is 1. The molecule has 1 amide bonds. The smallest absolute Gasteiger partial charge is 0.266 e. The fraction of sp³-hybridized carbons (Fsp3) is 0.286. The number of ether oxygens (including phenoxy) is 2. The Morgan fingerprint density at radius 1 is 1.06 bits per heavy atom. The standard InChI is InChI=1S/C28H30N4O3S/c1-4-31-27(33)26(18-21-17-20(2)32(19-21)24-9-11-25(34-3)12-10-24)36-28(31)29-22-5-7-23(8-6-22)30-13-15-35-16-14-30/h5-12,17-19H,4,13-16H2,1-3H3/b26-18+,29-28?. The zero-order valence-corrected chi connectivity index (χ0v) is 21.6. The first kappa shape index (κ1) is 24.2. The van der Waals surface area contributed by atoms with E-state index in [1.54, 1.807) is 12.0 Å². The van der Waals surface area contributed by atoms with Gasteiger partial charge in [0.15, 0.2) is 5.17 Å². The Kier molecular flexibility index (Phi) is 7.16. The summed E-state index contributed by atoms with van der Waals surface area (Å²) >= 11 is 1.42. The lowest BCUT2D eigenvalue weighted by atomic mass is 10.2. The molecule has 0 unspecified atom stereocenters. The molecule has 186 valence electrons. The molecule has 3 aromatic rings. The maximum Gasteiger partial charge on any atom is 0.266 e. The van der Waals surface area contributed by atoms with E-state index < -0.39 is 0 Å². The molecule has 0 bridgehead atoms. The van der Waals surface area contributed by atoms with Crippen molar-refractivity contribution in [3.63, 3.8) is 0 Å². The highest BCUT2D eigenvalue weighted by Crippen LogP contribution is 2.35. The molecule has 0 atom stereocenters. The van der Waals surface area contributed by atoms with E-state index in [2.05, 4.69) is 34.6 Å². The Labute approximate surface area is 216 Å². The van der Waals surface area contributed by atoms with Gasteiger partial charge < -0.3 is 18.9 Å². The number of hydrogen-bond donors (Lipinski definition) is 0. The molecule has 3 heterocycles. The van der Waals surface area contributed by atoms with Gasteiger partial charge in [0.2, 0.25) is 0 Å². The van der Waals surface area contributed by atoms with E-state index >= 15 is 0 Å². The molecular formula is C28H30N4O3S. The topological polar surface area (TPSA) is 59.3 Å². The predicted molar refractivity (Wildman–Crippen MR) is 147 cm³/mol. The lowest BCUT2D eigenvalue weighted by Gasteiger charge is -2.28. The van der Waals surface area contributed by atoms with Crippen molar-refractivity contribution >= 4 is 40.3 Å². The first-order valence-electron chi connectivity index (χ1n) is 12.1. The molecule has 0 N–H and O–H groups in total. The number of aliphatic imine (C=N–C) groups is 1. The number of benzene rings is 2. The van der Waals surface area contributed by atoms with Gasteiger partial charge in [0.05, 0.1) is 30.9 Å². The van der Waals surface area contributed by atoms with Crippen molar-refractivity contribution in [1.29, 1.82) is 0 Å². The van der Waals surface area contributed by atoms with Crippen LogP contribution in [0.1, 0.15) is 18.2 Å². The lowest BCUT2D eigenvalue weighted by Crippen LogP contribution is -2.36. The Morgan fingerprint density at radius 2 is 1.75 bits per heavy atom. The van der Waals surface area contributed by atoms with Gasteiger partial charge in [-0.15, -0.1) is 0 Å². The van der Waals surface area contributed by atoms with Gasteiger partial charge in [-0.1, -0.05) is 0 Å². The summed E-state index contributed by atoms with van der Waals surface area (Å²) in [6.07, 6.45) is 4.00. The van der Waals surface area contributed by atoms with Gasteiger partial charge >= 0.3 is 0 Å². The summed E-state index contributed by atoms with van der Waals surface area (Å²) in [7, 11) is 1.66. The molecule has 7 nitrogen and oxygen atoms in total. The molecular weight excluding hydrogens is 472 g/mol. The van der Waals surface area contributed by atoms with Crippen LogP contribution in [0.15, 0.2) is 70.7 Å². The number of aryl methyl sites for hydroxylation is 1. The Hall–Kier alpha value is -3.49. The second-order valence-electron chi connectivity index (χ2n) is 8.65. The van der Waals surface area contributed by atoms with E-state index in [9.17, 15) is 4.79 Å². The molecule has 36 heavy (non-hydrogen) atoms. The summed E-state index contributed by atoms with van der Waals surface area (Å²) in [4.78, 5) is 22.7. The van der Waals surface area contributed by atoms with Crippen molar-refractivity contribution in [1.82, 2.24) is 9.47 Å². The summed E-state index contributed by atoms with van der Waals surface area (Å²) in [5.41, 5.74) is 5.11. The van der Waals surface area contributed by atoms with E-state index in [-0.39, 0.29) is 5.91 Å². The predicted octanol–water partition coefficient (Wildman–Crippen LogP) is 5.25. The quantitative estimate of drug-likeness (QED) is 0.431. The zero-order valence-electron chi connectivity index (χ0n) is 20.8. The Bertz CT molecular complexity index is 1290. The number of amides is 1. The molecule has 0 spiro atoms. The average molecular weight is 503 g/mol. The first-order chi connectivity index (χ1) is 17.6. The maximum absolute atomic E-state index is 13.2. The lowest BCUT2D eigenvalue weighted by molar-refractivity contribution is -0.122. The van der Waals surface area contributed by atoms with Crippen LogP contribution >= 0.6 is 11.8 Å². The second kappa shape index (κ2) is 10.6. The number of carbonyl (C=O) groups is 1. The Morgan fingerprint density at radius 3 is 2.42 bits per heavy atom. The molecule has 0 saturated carbocycles. The summed E-state index contributed by atoms with van der Waals surface area (Å²) in [6.45, 7) is 7.91. The van der Waals surface area contributed by atoms with Gasteiger partial charge in [0.25, 0.3) is 5.91 Å². The van der Waals surface area contributed by atoms with Gasteiger partial charge in [-0.25, -0.2) is 4.99 Å². The number of aromatic nitrogens is 1. The molecule has 1 aromatic heterocycles. The van der Waals surface area contributed by atoms with Gasteiger partial charge in [-0.3, -0.25) is 9.69 Å². The largest absolute Gasteiger partial charge is 0.497 e. The van der Waals surface area contributed by atoms with E-state index in [1.807, 2.05) is 55.6 Å². The molecule has 2 fully saturated rings. The number of methoxy groups -OCH3 is 1. The van der Waals surface area contributed by atoms with Gasteiger partial charge in [0.1, 0.15) is 5.75 Å². The number of likely N-dealkylation sites (N-methyl/N-ethyl adjacent to an activating group) is 1. The number of hydrogen-bond acceptors (Lipinski definition) is 6. The third-order valence-electron chi connectivity index (χ3n) is 6.34. The second-order valence-corrected chi connectivity index (χ2v) is 9.66. The van der Waals surface area contributed by atoms with Crippen LogP contribution in [-0.4, -0.2) is 60.5 Å². The number of morpholine rings is 1. The molecule has 5 rings (SSSR count). The molecule has 0 aliphatic carbocycles. The van der Waals surface area contributed by atoms with Crippen LogP contribution in [0.25, 0.3) is 11.8 Å². The molecule has 0 radical (unpaired) electrons. The first-order valence-corrected chi connectivity index (χ1v) is 12.9. The number of carbonyl (C=O) groups excluding carboxylic acids is 1. The van der Waals surface area contributed by atoms with Gasteiger partial charge in [0, 0.05) is 42.9 Å². The zero-order chi connectivity index (χ0) is 25.1. The summed E-state index contributed by atoms with van der Waals surface area (Å²) in [5, 5.41) is 0.708. The maximum atomic E-state index is 13.2. The highest BCUT2D eigenvalue weighted by atomic mass is 32.2. The molecule has 2 aliphatic rings. The van der Waals surface area contributed by atoms with E-state index in [0.29, 0.717) is 16.6 Å². The van der Waals surface area contributed by atoms with E-state index in [4.69, 9.17) is 14.5 Å². The van der Waals surface area contributed by atoms with Crippen LogP contribution in [-0.2, 0) is 9.53 Å². The number of rotatable bonds is 6. The minimum Gasteiger partial charge on any atom is -0.497 e. The summed E-state index contributed by atoms with van der Waals surface area (Å²) < 4.78 is 12.8. The van der Waals surface area contributed by atoms with E-state index in [1.165, 1.54) is 17.4 Å². The molecule has 2 aromatic carbocycles. The van der Waals surface area contributed by atoms with Gasteiger partial charge in [-0.05, 0) is 91.8 Å². The van der Waals surface area contributed by atoms with Crippen molar-refractivity contribution in [2.45, 2.75) is 13.8 Å². The summed E-state index contributed by atoms with van der Waals surface area (Å²) in [6, 6.07) is 18.2. The van der Waals surface area contributed by atoms with Crippen molar-refractivity contribution in [3.05, 3.63) is 77.0 Å². The van der Waals surface area contributed by atoms with Crippen LogP contribution in [0.3, 0.4) is 0 Å². The number of nitrogens with zero attached hydrogens (tertiary/aromatic N) is 4. The normalized spacial score (nSPS) is 18.5. The van der Waals surface area contributed by atoms with Crippen LogP contribution in [0, 0.1) is 6.92 Å². The highest BCUT2D eigenvalue weighted by Gasteiger charge is 2.32. The molecule has 2 saturated heterocycles. The Balaban J connectivity index is 1.36. The minimum atomic E-state index is -0.0129. The fourth-order valence-corrected chi connectivity index (χ4v) is 5.45. The molecule has 8 heteroatoms. The monoisotopic (exact) mass is 502 g/mol. The summed E-state index contributed by atoms with van der Waals surface area (Å²) in [5.74, 6) is 0.807. The van der Waals surface area contributed by atoms with Crippen molar-refractivity contribution < 1.29 is 14.3 Å². The number of amidine groups is 1. The minimum absolute atomic E-state index is 0.0129. The third-order valence-corrected chi connectivity index (χ3v) is 7.34. The fourth-order valence-electron chi connectivity index (χ4n) is 4.39. The van der Waals surface area contributed by atoms with Crippen molar-refractivity contribution in [2.24, 2.45) is 4.99 Å². The van der Waals surface area contributed by atoms with E-state index in [0.717, 1.165) is 54.7 Å². The van der Waals surface area contributed by atoms with Crippen LogP contribution < -0.4 is 9.64 Å². The highest BCUT2D eigenvalue weighted by molar-refractivity contribution is 8.18. The SMILES string of the molecule is CCN1C(=O)/C(=C\c2cc(C)n(-c3ccc(OC)cc3)c2)SC1=Nc1ccc(N2CCOCC2)cc1.